The van der Waals surface area contributed by atoms with Gasteiger partial charge in [-0.3, -0.25) is 4.79 Å². The monoisotopic (exact) mass is 491 g/mol. The van der Waals surface area contributed by atoms with Crippen LogP contribution in [0.4, 0.5) is 4.79 Å². The number of benzene rings is 3. The predicted molar refractivity (Wildman–Crippen MR) is 146 cm³/mol. The lowest BCUT2D eigenvalue weighted by Crippen LogP contribution is -2.55. The molecule has 1 aliphatic rings. The highest BCUT2D eigenvalue weighted by atomic mass is 16.4. The summed E-state index contributed by atoms with van der Waals surface area (Å²) in [4.78, 5) is 29.1. The maximum Gasteiger partial charge on any atom is 0.407 e. The molecule has 5 rings (SSSR count). The van der Waals surface area contributed by atoms with Crippen molar-refractivity contribution in [3.8, 4) is 16.9 Å². The third kappa shape index (κ3) is 5.05. The van der Waals surface area contributed by atoms with Crippen LogP contribution in [-0.2, 0) is 0 Å². The molecule has 0 spiro atoms. The molecule has 3 aromatic carbocycles. The summed E-state index contributed by atoms with van der Waals surface area (Å²) in [5.74, 6) is -0.107. The van der Waals surface area contributed by atoms with Gasteiger partial charge in [-0.25, -0.2) is 4.79 Å². The van der Waals surface area contributed by atoms with E-state index in [1.54, 1.807) is 4.90 Å². The number of nitrogens with zero attached hydrogens (tertiary/aromatic N) is 3. The van der Waals surface area contributed by atoms with Crippen LogP contribution in [0.25, 0.3) is 23.0 Å². The first kappa shape index (κ1) is 24.1. The molecule has 186 valence electrons. The number of amides is 2. The van der Waals surface area contributed by atoms with Gasteiger partial charge >= 0.3 is 6.09 Å². The molecule has 37 heavy (non-hydrogen) atoms. The van der Waals surface area contributed by atoms with E-state index in [4.69, 9.17) is 0 Å². The van der Waals surface area contributed by atoms with Crippen LogP contribution >= 0.6 is 0 Å². The highest BCUT2D eigenvalue weighted by Gasteiger charge is 2.34. The number of aromatic nitrogens is 1. The van der Waals surface area contributed by atoms with Crippen LogP contribution < -0.4 is 0 Å². The van der Waals surface area contributed by atoms with Crippen molar-refractivity contribution >= 4 is 18.1 Å². The molecular weight excluding hydrogens is 462 g/mol. The Labute approximate surface area is 216 Å². The van der Waals surface area contributed by atoms with Crippen LogP contribution in [0, 0.1) is 6.92 Å². The Balaban J connectivity index is 1.57. The number of piperazine rings is 1. The minimum atomic E-state index is -0.971. The first-order chi connectivity index (χ1) is 18.0. The van der Waals surface area contributed by atoms with Gasteiger partial charge in [-0.2, -0.15) is 0 Å². The van der Waals surface area contributed by atoms with Crippen LogP contribution in [0.3, 0.4) is 0 Å². The summed E-state index contributed by atoms with van der Waals surface area (Å²) in [6, 6.07) is 31.3. The molecule has 0 saturated carbocycles. The van der Waals surface area contributed by atoms with Crippen molar-refractivity contribution in [3.63, 3.8) is 0 Å². The topological polar surface area (TPSA) is 65.8 Å². The molecule has 4 aromatic rings. The zero-order valence-electron chi connectivity index (χ0n) is 20.7. The number of aryl methyl sites for hydroxylation is 1. The van der Waals surface area contributed by atoms with Gasteiger partial charge in [-0.15, -0.1) is 0 Å². The van der Waals surface area contributed by atoms with E-state index in [-0.39, 0.29) is 25.0 Å². The first-order valence-electron chi connectivity index (χ1n) is 12.4. The zero-order chi connectivity index (χ0) is 25.8. The van der Waals surface area contributed by atoms with Crippen LogP contribution in [0.5, 0.6) is 0 Å². The third-order valence-electron chi connectivity index (χ3n) is 6.74. The van der Waals surface area contributed by atoms with E-state index in [0.717, 1.165) is 28.2 Å². The van der Waals surface area contributed by atoms with Crippen molar-refractivity contribution in [3.05, 3.63) is 120 Å². The maximum atomic E-state index is 14.2. The smallest absolute Gasteiger partial charge is 0.407 e. The average molecular weight is 492 g/mol. The third-order valence-corrected chi connectivity index (χ3v) is 6.74. The Bertz CT molecular complexity index is 1410. The van der Waals surface area contributed by atoms with Crippen molar-refractivity contribution < 1.29 is 14.7 Å². The van der Waals surface area contributed by atoms with Gasteiger partial charge in [0, 0.05) is 31.0 Å². The molecule has 6 nitrogen and oxygen atoms in total. The molecule has 1 atom stereocenters. The quantitative estimate of drug-likeness (QED) is 0.374. The van der Waals surface area contributed by atoms with Gasteiger partial charge in [0.15, 0.2) is 0 Å². The summed E-state index contributed by atoms with van der Waals surface area (Å²) in [5, 5.41) is 9.64. The Morgan fingerprint density at radius 2 is 1.49 bits per heavy atom. The van der Waals surface area contributed by atoms with Gasteiger partial charge in [0.05, 0.1) is 17.3 Å². The highest BCUT2D eigenvalue weighted by molar-refractivity contribution is 6.01. The summed E-state index contributed by atoms with van der Waals surface area (Å²) >= 11 is 0. The normalized spacial score (nSPS) is 15.8. The van der Waals surface area contributed by atoms with E-state index in [2.05, 4.69) is 4.57 Å². The molecule has 1 fully saturated rings. The van der Waals surface area contributed by atoms with Crippen molar-refractivity contribution in [2.45, 2.75) is 13.0 Å². The van der Waals surface area contributed by atoms with Crippen LogP contribution in [0.15, 0.2) is 103 Å². The van der Waals surface area contributed by atoms with E-state index in [9.17, 15) is 14.7 Å². The van der Waals surface area contributed by atoms with E-state index in [0.29, 0.717) is 12.1 Å². The second kappa shape index (κ2) is 10.6. The van der Waals surface area contributed by atoms with E-state index in [1.165, 1.54) is 4.90 Å². The maximum absolute atomic E-state index is 14.2. The van der Waals surface area contributed by atoms with Gasteiger partial charge in [-0.05, 0) is 36.2 Å². The van der Waals surface area contributed by atoms with Gasteiger partial charge in [-0.1, -0.05) is 91.0 Å². The van der Waals surface area contributed by atoms with Crippen molar-refractivity contribution in [2.75, 3.05) is 19.6 Å². The molecule has 0 aliphatic carbocycles. The van der Waals surface area contributed by atoms with E-state index >= 15 is 0 Å². The summed E-state index contributed by atoms with van der Waals surface area (Å²) in [5.41, 5.74) is 5.32. The fourth-order valence-corrected chi connectivity index (χ4v) is 4.93. The van der Waals surface area contributed by atoms with Gasteiger partial charge in [0.1, 0.15) is 0 Å². The highest BCUT2D eigenvalue weighted by Crippen LogP contribution is 2.32. The summed E-state index contributed by atoms with van der Waals surface area (Å²) in [7, 11) is 0. The molecule has 1 aliphatic heterocycles. The first-order valence-corrected chi connectivity index (χ1v) is 12.4. The van der Waals surface area contributed by atoms with Gasteiger partial charge in [0.2, 0.25) is 0 Å². The van der Waals surface area contributed by atoms with Gasteiger partial charge < -0.3 is 19.5 Å². The lowest BCUT2D eigenvalue weighted by atomic mass is 10.0. The number of para-hydroxylation sites is 1. The van der Waals surface area contributed by atoms with Crippen molar-refractivity contribution in [2.24, 2.45) is 0 Å². The molecule has 1 aromatic heterocycles. The predicted octanol–water partition coefficient (Wildman–Crippen LogP) is 5.97. The molecular formula is C31H29N3O3. The zero-order valence-corrected chi connectivity index (χ0v) is 20.7. The van der Waals surface area contributed by atoms with Crippen molar-refractivity contribution in [1.29, 1.82) is 0 Å². The molecule has 1 N–H and O–H groups in total. The lowest BCUT2D eigenvalue weighted by Gasteiger charge is -2.39. The van der Waals surface area contributed by atoms with Gasteiger partial charge in [0.25, 0.3) is 5.91 Å². The standard InChI is InChI=1S/C31H29N3O3/c1-23-21-28(29(25-13-7-3-8-14-25)34(23)26-15-9-4-10-16-26)30(35)33-20-19-32(31(36)37)22-27(33)18-17-24-11-5-2-6-12-24/h2-18,21,27H,19-20,22H2,1H3,(H,36,37)/t27-/m1/s1. The molecule has 2 heterocycles. The molecule has 2 amide bonds. The molecule has 0 unspecified atom stereocenters. The van der Waals surface area contributed by atoms with E-state index < -0.39 is 6.09 Å². The summed E-state index contributed by atoms with van der Waals surface area (Å²) in [6.45, 7) is 2.82. The lowest BCUT2D eigenvalue weighted by molar-refractivity contribution is 0.0530. The molecule has 6 heteroatoms. The van der Waals surface area contributed by atoms with Crippen LogP contribution in [0.2, 0.25) is 0 Å². The molecule has 0 bridgehead atoms. The Morgan fingerprint density at radius 3 is 2.14 bits per heavy atom. The minimum Gasteiger partial charge on any atom is -0.465 e. The Morgan fingerprint density at radius 1 is 0.865 bits per heavy atom. The fourth-order valence-electron chi connectivity index (χ4n) is 4.93. The summed E-state index contributed by atoms with van der Waals surface area (Å²) in [6.07, 6.45) is 2.92. The van der Waals surface area contributed by atoms with Crippen molar-refractivity contribution in [1.82, 2.24) is 14.4 Å². The number of carboxylic acid groups (broad SMARTS) is 1. The largest absolute Gasteiger partial charge is 0.465 e. The fraction of sp³-hybridized carbons (Fsp3) is 0.161. The second-order valence-corrected chi connectivity index (χ2v) is 9.15. The Kier molecular flexibility index (Phi) is 6.90. The molecule has 0 radical (unpaired) electrons. The number of hydrogen-bond acceptors (Lipinski definition) is 2. The number of carbonyl (C=O) groups excluding carboxylic acids is 1. The number of rotatable bonds is 5. The summed E-state index contributed by atoms with van der Waals surface area (Å²) < 4.78 is 2.12. The minimum absolute atomic E-state index is 0.107. The second-order valence-electron chi connectivity index (χ2n) is 9.15. The Hall–Kier alpha value is -4.58. The van der Waals surface area contributed by atoms with E-state index in [1.807, 2.05) is 116 Å². The average Bonchev–Trinajstić information content (AvgIpc) is 3.29. The number of carbonyl (C=O) groups is 2. The number of hydrogen-bond donors (Lipinski definition) is 1. The molecule has 1 saturated heterocycles. The SMILES string of the molecule is Cc1cc(C(=O)N2CCN(C(=O)O)C[C@H]2C=Cc2ccccc2)c(-c2ccccc2)n1-c1ccccc1. The van der Waals surface area contributed by atoms with Crippen LogP contribution in [0.1, 0.15) is 21.6 Å². The van der Waals surface area contributed by atoms with Crippen LogP contribution in [-0.4, -0.2) is 57.1 Å².